The van der Waals surface area contributed by atoms with Gasteiger partial charge in [0, 0.05) is 26.1 Å². The number of amides is 2. The van der Waals surface area contributed by atoms with Gasteiger partial charge in [0.2, 0.25) is 5.89 Å². The van der Waals surface area contributed by atoms with E-state index in [2.05, 4.69) is 20.8 Å². The van der Waals surface area contributed by atoms with Gasteiger partial charge < -0.3 is 19.6 Å². The third kappa shape index (κ3) is 4.31. The van der Waals surface area contributed by atoms with Crippen LogP contribution in [0.1, 0.15) is 23.9 Å². The number of aryl methyl sites for hydroxylation is 1. The number of carbonyl (C=O) groups is 1. The fourth-order valence-electron chi connectivity index (χ4n) is 2.77. The van der Waals surface area contributed by atoms with Crippen molar-refractivity contribution in [2.75, 3.05) is 13.1 Å². The molecule has 3 rings (SSSR count). The Hall–Kier alpha value is -2.42. The molecular formula is C15H20FN5O3. The third-order valence-electron chi connectivity index (χ3n) is 3.89. The number of rotatable bonds is 6. The number of likely N-dealkylation sites (tertiary alicyclic amines) is 1. The molecule has 2 amide bonds. The van der Waals surface area contributed by atoms with E-state index in [4.69, 9.17) is 8.94 Å². The number of furan rings is 1. The Morgan fingerprint density at radius 1 is 1.50 bits per heavy atom. The molecule has 0 bridgehead atoms. The second-order valence-corrected chi connectivity index (χ2v) is 5.79. The zero-order valence-corrected chi connectivity index (χ0v) is 13.4. The van der Waals surface area contributed by atoms with E-state index in [1.54, 1.807) is 25.3 Å². The molecule has 0 radical (unpaired) electrons. The number of halogens is 1. The maximum Gasteiger partial charge on any atom is 0.315 e. The normalized spacial score (nSPS) is 21.1. The van der Waals surface area contributed by atoms with Crippen LogP contribution in [-0.4, -0.2) is 46.4 Å². The monoisotopic (exact) mass is 337 g/mol. The van der Waals surface area contributed by atoms with Gasteiger partial charge in [-0.2, -0.15) is 4.98 Å². The van der Waals surface area contributed by atoms with Gasteiger partial charge in [-0.25, -0.2) is 9.18 Å². The molecule has 0 unspecified atom stereocenters. The number of hydrogen-bond acceptors (Lipinski definition) is 6. The fraction of sp³-hybridized carbons (Fsp3) is 0.533. The predicted octanol–water partition coefficient (Wildman–Crippen LogP) is 1.38. The highest BCUT2D eigenvalue weighted by atomic mass is 19.1. The van der Waals surface area contributed by atoms with Crippen LogP contribution in [0.3, 0.4) is 0 Å². The van der Waals surface area contributed by atoms with Gasteiger partial charge in [0.15, 0.2) is 5.82 Å². The van der Waals surface area contributed by atoms with Crippen molar-refractivity contribution >= 4 is 6.03 Å². The highest BCUT2D eigenvalue weighted by Crippen LogP contribution is 2.21. The van der Waals surface area contributed by atoms with E-state index < -0.39 is 6.17 Å². The molecule has 2 N–H and O–H groups in total. The Labute approximate surface area is 138 Å². The van der Waals surface area contributed by atoms with Crippen LogP contribution in [0.5, 0.6) is 0 Å². The smallest absolute Gasteiger partial charge is 0.315 e. The molecule has 2 atom stereocenters. The minimum absolute atomic E-state index is 0.104. The van der Waals surface area contributed by atoms with Gasteiger partial charge in [0.25, 0.3) is 0 Å². The van der Waals surface area contributed by atoms with Gasteiger partial charge in [-0.1, -0.05) is 5.16 Å². The molecule has 9 heteroatoms. The average molecular weight is 337 g/mol. The molecule has 3 heterocycles. The Kier molecular flexibility index (Phi) is 5.09. The van der Waals surface area contributed by atoms with Crippen LogP contribution in [0.2, 0.25) is 0 Å². The summed E-state index contributed by atoms with van der Waals surface area (Å²) in [7, 11) is 0. The topological polar surface area (TPSA) is 96.4 Å². The van der Waals surface area contributed by atoms with Crippen molar-refractivity contribution in [1.29, 1.82) is 0 Å². The van der Waals surface area contributed by atoms with Gasteiger partial charge in [0.05, 0.1) is 19.4 Å². The molecule has 1 aliphatic rings. The molecule has 0 saturated carbocycles. The van der Waals surface area contributed by atoms with E-state index in [1.807, 2.05) is 4.90 Å². The minimum atomic E-state index is -0.920. The molecule has 8 nitrogen and oxygen atoms in total. The van der Waals surface area contributed by atoms with E-state index in [-0.39, 0.29) is 12.1 Å². The summed E-state index contributed by atoms with van der Waals surface area (Å²) in [5.74, 6) is 1.67. The highest BCUT2D eigenvalue weighted by Gasteiger charge is 2.33. The van der Waals surface area contributed by atoms with Gasteiger partial charge in [-0.15, -0.1) is 0 Å². The van der Waals surface area contributed by atoms with Gasteiger partial charge in [-0.05, 0) is 18.6 Å². The highest BCUT2D eigenvalue weighted by molar-refractivity contribution is 5.73. The number of nitrogens with zero attached hydrogens (tertiary/aromatic N) is 3. The summed E-state index contributed by atoms with van der Waals surface area (Å²) in [6.45, 7) is 3.06. The van der Waals surface area contributed by atoms with Crippen LogP contribution in [0, 0.1) is 6.92 Å². The quantitative estimate of drug-likeness (QED) is 0.827. The molecule has 1 aliphatic heterocycles. The second kappa shape index (κ2) is 7.43. The Bertz CT molecular complexity index is 660. The lowest BCUT2D eigenvalue weighted by atomic mass is 10.2. The lowest BCUT2D eigenvalue weighted by Gasteiger charge is -2.22. The number of aromatic nitrogens is 2. The van der Waals surface area contributed by atoms with Gasteiger partial charge >= 0.3 is 6.03 Å². The number of nitrogens with one attached hydrogen (secondary N) is 2. The van der Waals surface area contributed by atoms with E-state index in [1.165, 1.54) is 0 Å². The molecule has 2 aromatic heterocycles. The zero-order valence-electron chi connectivity index (χ0n) is 13.4. The van der Waals surface area contributed by atoms with Gasteiger partial charge in [-0.3, -0.25) is 4.90 Å². The lowest BCUT2D eigenvalue weighted by Crippen LogP contribution is -2.43. The zero-order chi connectivity index (χ0) is 16.9. The van der Waals surface area contributed by atoms with Crippen molar-refractivity contribution in [3.05, 3.63) is 35.9 Å². The molecule has 2 aromatic rings. The summed E-state index contributed by atoms with van der Waals surface area (Å²) in [5.41, 5.74) is 0. The third-order valence-corrected chi connectivity index (χ3v) is 3.89. The van der Waals surface area contributed by atoms with Crippen molar-refractivity contribution < 1.29 is 18.1 Å². The molecule has 0 aromatic carbocycles. The first-order valence-electron chi connectivity index (χ1n) is 7.81. The molecule has 0 spiro atoms. The second-order valence-electron chi connectivity index (χ2n) is 5.79. The molecular weight excluding hydrogens is 317 g/mol. The van der Waals surface area contributed by atoms with Crippen LogP contribution in [0.4, 0.5) is 9.18 Å². The fourth-order valence-corrected chi connectivity index (χ4v) is 2.77. The van der Waals surface area contributed by atoms with Crippen LogP contribution in [0.15, 0.2) is 27.3 Å². The molecule has 1 fully saturated rings. The first-order chi connectivity index (χ1) is 11.6. The van der Waals surface area contributed by atoms with Crippen LogP contribution >= 0.6 is 0 Å². The van der Waals surface area contributed by atoms with E-state index in [0.29, 0.717) is 50.1 Å². The lowest BCUT2D eigenvalue weighted by molar-refractivity contribution is 0.213. The molecule has 24 heavy (non-hydrogen) atoms. The maximum absolute atomic E-state index is 13.7. The summed E-state index contributed by atoms with van der Waals surface area (Å²) in [4.78, 5) is 17.9. The SMILES string of the molecule is Cc1nc(CN2C[C@@H](F)C[C@H]2CNC(=O)NCc2ccco2)no1. The Morgan fingerprint density at radius 3 is 3.08 bits per heavy atom. The Morgan fingerprint density at radius 2 is 2.38 bits per heavy atom. The standard InChI is InChI=1S/C15H20FN5O3/c1-10-19-14(20-24-10)9-21-8-11(16)5-12(21)6-17-15(22)18-7-13-3-2-4-23-13/h2-4,11-12H,5-9H2,1H3,(H2,17,18,22)/t11-,12-/m0/s1. The van der Waals surface area contributed by atoms with E-state index in [0.717, 1.165) is 0 Å². The number of alkyl halides is 1. The van der Waals surface area contributed by atoms with Crippen molar-refractivity contribution in [2.45, 2.75) is 38.6 Å². The molecule has 0 aliphatic carbocycles. The largest absolute Gasteiger partial charge is 0.467 e. The van der Waals surface area contributed by atoms with Crippen molar-refractivity contribution in [3.63, 3.8) is 0 Å². The number of urea groups is 1. The van der Waals surface area contributed by atoms with E-state index in [9.17, 15) is 9.18 Å². The summed E-state index contributed by atoms with van der Waals surface area (Å²) in [5, 5.41) is 9.29. The number of carbonyl (C=O) groups excluding carboxylic acids is 1. The summed E-state index contributed by atoms with van der Waals surface area (Å²) in [6.07, 6.45) is 0.998. The van der Waals surface area contributed by atoms with Crippen LogP contribution in [-0.2, 0) is 13.1 Å². The Balaban J connectivity index is 1.46. The van der Waals surface area contributed by atoms with E-state index >= 15 is 0 Å². The first-order valence-corrected chi connectivity index (χ1v) is 7.81. The summed E-state index contributed by atoms with van der Waals surface area (Å²) >= 11 is 0. The van der Waals surface area contributed by atoms with Crippen molar-refractivity contribution in [2.24, 2.45) is 0 Å². The number of hydrogen-bond donors (Lipinski definition) is 2. The van der Waals surface area contributed by atoms with Crippen molar-refractivity contribution in [3.8, 4) is 0 Å². The summed E-state index contributed by atoms with van der Waals surface area (Å²) < 4.78 is 23.8. The maximum atomic E-state index is 13.7. The predicted molar refractivity (Wildman–Crippen MR) is 81.7 cm³/mol. The minimum Gasteiger partial charge on any atom is -0.467 e. The first kappa shape index (κ1) is 16.4. The molecule has 130 valence electrons. The van der Waals surface area contributed by atoms with Crippen molar-refractivity contribution in [1.82, 2.24) is 25.7 Å². The average Bonchev–Trinajstić information content (AvgIpc) is 3.26. The molecule has 1 saturated heterocycles. The van der Waals surface area contributed by atoms with Crippen LogP contribution in [0.25, 0.3) is 0 Å². The van der Waals surface area contributed by atoms with Crippen LogP contribution < -0.4 is 10.6 Å². The van der Waals surface area contributed by atoms with Gasteiger partial charge in [0.1, 0.15) is 11.9 Å². The summed E-state index contributed by atoms with van der Waals surface area (Å²) in [6, 6.07) is 3.11.